The molecule has 5 nitrogen and oxygen atoms in total. The summed E-state index contributed by atoms with van der Waals surface area (Å²) in [5.74, 6) is -0.326. The number of likely N-dealkylation sites (tertiary alicyclic amines) is 1. The van der Waals surface area contributed by atoms with Crippen LogP contribution in [0.25, 0.3) is 17.2 Å². The molecule has 3 aliphatic heterocycles. The van der Waals surface area contributed by atoms with E-state index in [0.717, 1.165) is 59.6 Å². The minimum absolute atomic E-state index is 0.163. The summed E-state index contributed by atoms with van der Waals surface area (Å²) < 4.78 is 41.8. The minimum Gasteiger partial charge on any atom is -0.365 e. The summed E-state index contributed by atoms with van der Waals surface area (Å²) in [6.45, 7) is 2.73. The third-order valence-electron chi connectivity index (χ3n) is 7.63. The lowest BCUT2D eigenvalue weighted by Gasteiger charge is -2.44. The summed E-state index contributed by atoms with van der Waals surface area (Å²) >= 11 is 0. The van der Waals surface area contributed by atoms with Crippen molar-refractivity contribution in [2.75, 3.05) is 31.1 Å². The number of aryl methyl sites for hydroxylation is 1. The highest BCUT2D eigenvalue weighted by atomic mass is 19.4. The summed E-state index contributed by atoms with van der Waals surface area (Å²) in [5.41, 5.74) is 5.31. The molecule has 8 heteroatoms. The van der Waals surface area contributed by atoms with Gasteiger partial charge in [0.05, 0.1) is 18.2 Å². The van der Waals surface area contributed by atoms with Crippen LogP contribution in [0.3, 0.4) is 0 Å². The Hall–Kier alpha value is -3.13. The first-order chi connectivity index (χ1) is 16.8. The minimum atomic E-state index is -4.43. The summed E-state index contributed by atoms with van der Waals surface area (Å²) in [4.78, 5) is 27.8. The van der Waals surface area contributed by atoms with Crippen molar-refractivity contribution in [3.63, 3.8) is 0 Å². The van der Waals surface area contributed by atoms with Crippen molar-refractivity contribution in [3.8, 4) is 11.1 Å². The Morgan fingerprint density at radius 2 is 1.77 bits per heavy atom. The molecule has 0 atom stereocenters. The number of fused-ring (bicyclic) bond motifs is 2. The van der Waals surface area contributed by atoms with Crippen LogP contribution in [0.2, 0.25) is 0 Å². The molecular weight excluding hydrogens is 455 g/mol. The molecular formula is C27H26F3N3O2. The first kappa shape index (κ1) is 22.3. The van der Waals surface area contributed by atoms with Gasteiger partial charge in [0.15, 0.2) is 0 Å². The molecule has 0 aromatic heterocycles. The smallest absolute Gasteiger partial charge is 0.365 e. The van der Waals surface area contributed by atoms with E-state index in [0.29, 0.717) is 18.4 Å². The second-order valence-corrected chi connectivity index (χ2v) is 9.86. The normalized spacial score (nSPS) is 20.1. The van der Waals surface area contributed by atoms with Gasteiger partial charge in [-0.1, -0.05) is 24.3 Å². The maximum Gasteiger partial charge on any atom is 0.416 e. The number of rotatable bonds is 4. The second-order valence-electron chi connectivity index (χ2n) is 9.86. The number of anilines is 1. The van der Waals surface area contributed by atoms with Crippen LogP contribution in [0, 0.1) is 0 Å². The van der Waals surface area contributed by atoms with Gasteiger partial charge in [0, 0.05) is 43.7 Å². The standard InChI is InChI=1S/C27H26F3N3O2/c28-27(29,30)19-11-18-4-2-8-32(20-13-31-14-20)26(18)23(12-19)21-5-1-3-17-9-16(10-22(17)21)15-33-24(34)6-7-25(33)35/h1,3,5,9,11-12,20,31H,2,4,6-8,10,13-15H2. The lowest BCUT2D eigenvalue weighted by Crippen LogP contribution is -2.58. The van der Waals surface area contributed by atoms with E-state index < -0.39 is 11.7 Å². The van der Waals surface area contributed by atoms with Gasteiger partial charge in [0.25, 0.3) is 0 Å². The van der Waals surface area contributed by atoms with Gasteiger partial charge in [-0.05, 0) is 59.2 Å². The Bertz CT molecular complexity index is 1250. The van der Waals surface area contributed by atoms with Crippen LogP contribution in [0.15, 0.2) is 35.9 Å². The lowest BCUT2D eigenvalue weighted by atomic mass is 9.87. The molecule has 3 heterocycles. The molecule has 2 aromatic carbocycles. The zero-order valence-electron chi connectivity index (χ0n) is 19.3. The van der Waals surface area contributed by atoms with Crippen LogP contribution in [-0.4, -0.2) is 48.9 Å². The highest BCUT2D eigenvalue weighted by Gasteiger charge is 2.37. The number of carbonyl (C=O) groups excluding carboxylic acids is 2. The molecule has 182 valence electrons. The van der Waals surface area contributed by atoms with E-state index >= 15 is 0 Å². The van der Waals surface area contributed by atoms with Crippen molar-refractivity contribution in [1.29, 1.82) is 0 Å². The van der Waals surface area contributed by atoms with Crippen LogP contribution >= 0.6 is 0 Å². The van der Waals surface area contributed by atoms with Gasteiger partial charge in [-0.25, -0.2) is 0 Å². The maximum atomic E-state index is 13.9. The molecule has 35 heavy (non-hydrogen) atoms. The Balaban J connectivity index is 1.43. The Labute approximate surface area is 201 Å². The Morgan fingerprint density at radius 3 is 2.46 bits per heavy atom. The topological polar surface area (TPSA) is 52.7 Å². The molecule has 0 unspecified atom stereocenters. The van der Waals surface area contributed by atoms with Crippen LogP contribution < -0.4 is 10.2 Å². The highest BCUT2D eigenvalue weighted by Crippen LogP contribution is 2.46. The number of carbonyl (C=O) groups is 2. The number of alkyl halides is 3. The van der Waals surface area contributed by atoms with Crippen LogP contribution in [-0.2, 0) is 28.6 Å². The van der Waals surface area contributed by atoms with E-state index in [4.69, 9.17) is 0 Å². The number of halogens is 3. The van der Waals surface area contributed by atoms with Gasteiger partial charge < -0.3 is 10.2 Å². The lowest BCUT2D eigenvalue weighted by molar-refractivity contribution is -0.138. The average molecular weight is 482 g/mol. The molecule has 2 amide bonds. The molecule has 4 aliphatic rings. The third kappa shape index (κ3) is 3.84. The van der Waals surface area contributed by atoms with Gasteiger partial charge in [0.2, 0.25) is 11.8 Å². The van der Waals surface area contributed by atoms with Gasteiger partial charge in [-0.2, -0.15) is 13.2 Å². The van der Waals surface area contributed by atoms with E-state index in [-0.39, 0.29) is 37.2 Å². The van der Waals surface area contributed by atoms with Gasteiger partial charge in [-0.3, -0.25) is 14.5 Å². The number of imide groups is 1. The molecule has 2 fully saturated rings. The van der Waals surface area contributed by atoms with Gasteiger partial charge >= 0.3 is 6.18 Å². The van der Waals surface area contributed by atoms with Crippen molar-refractivity contribution >= 4 is 23.6 Å². The molecule has 0 saturated carbocycles. The number of hydrogen-bond acceptors (Lipinski definition) is 4. The highest BCUT2D eigenvalue weighted by molar-refractivity contribution is 6.02. The summed E-state index contributed by atoms with van der Waals surface area (Å²) in [6.07, 6.45) is 0.00627. The van der Waals surface area contributed by atoms with E-state index in [2.05, 4.69) is 10.2 Å². The molecule has 2 saturated heterocycles. The van der Waals surface area contributed by atoms with Gasteiger partial charge in [0.1, 0.15) is 0 Å². The van der Waals surface area contributed by atoms with Crippen LogP contribution in [0.5, 0.6) is 0 Å². The average Bonchev–Trinajstić information content (AvgIpc) is 3.34. The van der Waals surface area contributed by atoms with Crippen LogP contribution in [0.4, 0.5) is 18.9 Å². The first-order valence-electron chi connectivity index (χ1n) is 12.2. The van der Waals surface area contributed by atoms with Crippen molar-refractivity contribution < 1.29 is 22.8 Å². The predicted octanol–water partition coefficient (Wildman–Crippen LogP) is 4.19. The second kappa shape index (κ2) is 8.22. The fraction of sp³-hybridized carbons (Fsp3) is 0.407. The van der Waals surface area contributed by atoms with Crippen molar-refractivity contribution in [2.24, 2.45) is 0 Å². The van der Waals surface area contributed by atoms with Gasteiger partial charge in [-0.15, -0.1) is 0 Å². The fourth-order valence-corrected chi connectivity index (χ4v) is 5.80. The predicted molar refractivity (Wildman–Crippen MR) is 127 cm³/mol. The van der Waals surface area contributed by atoms with Crippen molar-refractivity contribution in [1.82, 2.24) is 10.2 Å². The summed E-state index contributed by atoms with van der Waals surface area (Å²) in [5, 5.41) is 3.28. The van der Waals surface area contributed by atoms with Crippen molar-refractivity contribution in [2.45, 2.75) is 44.3 Å². The number of amides is 2. The summed E-state index contributed by atoms with van der Waals surface area (Å²) in [6, 6.07) is 8.65. The zero-order valence-corrected chi connectivity index (χ0v) is 19.3. The Kier molecular flexibility index (Phi) is 5.25. The number of benzene rings is 2. The van der Waals surface area contributed by atoms with Crippen LogP contribution in [0.1, 0.15) is 41.5 Å². The number of hydrogen-bond donors (Lipinski definition) is 1. The first-order valence-corrected chi connectivity index (χ1v) is 12.2. The quantitative estimate of drug-likeness (QED) is 0.666. The molecule has 0 radical (unpaired) electrons. The monoisotopic (exact) mass is 481 g/mol. The van der Waals surface area contributed by atoms with E-state index in [1.807, 2.05) is 24.3 Å². The molecule has 1 N–H and O–H groups in total. The molecule has 6 rings (SSSR count). The zero-order chi connectivity index (χ0) is 24.3. The summed E-state index contributed by atoms with van der Waals surface area (Å²) in [7, 11) is 0. The largest absolute Gasteiger partial charge is 0.416 e. The van der Waals surface area contributed by atoms with Crippen molar-refractivity contribution in [3.05, 3.63) is 58.2 Å². The number of nitrogens with zero attached hydrogens (tertiary/aromatic N) is 2. The SMILES string of the molecule is O=C1CCC(=O)N1CC1=Cc2cccc(-c3cc(C(F)(F)F)cc4c3N(C3CNC3)CCC4)c2C1. The molecule has 0 spiro atoms. The molecule has 2 aromatic rings. The fourth-order valence-electron chi connectivity index (χ4n) is 5.80. The molecule has 0 bridgehead atoms. The Morgan fingerprint density at radius 1 is 1.00 bits per heavy atom. The third-order valence-corrected chi connectivity index (χ3v) is 7.63. The van der Waals surface area contributed by atoms with E-state index in [1.165, 1.54) is 17.0 Å². The van der Waals surface area contributed by atoms with E-state index in [1.54, 1.807) is 0 Å². The molecule has 1 aliphatic carbocycles. The number of nitrogens with one attached hydrogen (secondary N) is 1. The van der Waals surface area contributed by atoms with E-state index in [9.17, 15) is 22.8 Å². The maximum absolute atomic E-state index is 13.9.